The first-order chi connectivity index (χ1) is 13.7. The van der Waals surface area contributed by atoms with Crippen LogP contribution in [-0.4, -0.2) is 64.7 Å². The highest BCUT2D eigenvalue weighted by Gasteiger charge is 2.29. The van der Waals surface area contributed by atoms with E-state index in [9.17, 15) is 9.18 Å². The van der Waals surface area contributed by atoms with E-state index >= 15 is 0 Å². The van der Waals surface area contributed by atoms with Crippen LogP contribution in [0.4, 0.5) is 4.39 Å². The maximum Gasteiger partial charge on any atom is 0.259 e. The molecule has 146 valence electrons. The fourth-order valence-corrected chi connectivity index (χ4v) is 3.35. The highest BCUT2D eigenvalue weighted by molar-refractivity contribution is 5.97. The molecule has 1 aliphatic rings. The summed E-state index contributed by atoms with van der Waals surface area (Å²) in [5.41, 5.74) is 1.14. The number of carbonyl (C=O) groups is 1. The number of nitrogens with zero attached hydrogens (tertiary/aromatic N) is 4. The fraction of sp³-hybridized carbons (Fsp3) is 0.300. The van der Waals surface area contributed by atoms with Gasteiger partial charge in [0.15, 0.2) is 5.82 Å². The van der Waals surface area contributed by atoms with Crippen LogP contribution < -0.4 is 0 Å². The van der Waals surface area contributed by atoms with Gasteiger partial charge in [0.05, 0.1) is 31.2 Å². The number of rotatable bonds is 5. The van der Waals surface area contributed by atoms with Gasteiger partial charge in [-0.15, -0.1) is 0 Å². The summed E-state index contributed by atoms with van der Waals surface area (Å²) in [7, 11) is 1.61. The quantitative estimate of drug-likeness (QED) is 0.677. The number of halogens is 1. The van der Waals surface area contributed by atoms with Crippen molar-refractivity contribution >= 4 is 5.91 Å². The third-order valence-electron chi connectivity index (χ3n) is 4.67. The van der Waals surface area contributed by atoms with Crippen molar-refractivity contribution in [1.29, 1.82) is 0 Å². The molecular weight excluding hydrogens is 363 g/mol. The fourth-order valence-electron chi connectivity index (χ4n) is 3.35. The first-order valence-electron chi connectivity index (χ1n) is 9.04. The first kappa shape index (κ1) is 18.4. The predicted molar refractivity (Wildman–Crippen MR) is 100 cm³/mol. The van der Waals surface area contributed by atoms with E-state index in [0.717, 1.165) is 0 Å². The van der Waals surface area contributed by atoms with Crippen molar-refractivity contribution in [2.45, 2.75) is 6.10 Å². The molecule has 1 atom stereocenters. The lowest BCUT2D eigenvalue weighted by atomic mass is 10.2. The second kappa shape index (κ2) is 7.95. The molecule has 0 radical (unpaired) electrons. The Balaban J connectivity index is 1.71. The molecule has 0 N–H and O–H groups in total. The summed E-state index contributed by atoms with van der Waals surface area (Å²) >= 11 is 0. The second-order valence-corrected chi connectivity index (χ2v) is 6.56. The van der Waals surface area contributed by atoms with Crippen LogP contribution in [0, 0.1) is 5.82 Å². The van der Waals surface area contributed by atoms with Gasteiger partial charge in [-0.1, -0.05) is 0 Å². The molecule has 7 nitrogen and oxygen atoms in total. The minimum absolute atomic E-state index is 0.124. The number of carbonyl (C=O) groups excluding carboxylic acids is 1. The summed E-state index contributed by atoms with van der Waals surface area (Å²) < 4.78 is 27.6. The molecule has 2 aromatic heterocycles. The number of methoxy groups -OCH3 is 1. The van der Waals surface area contributed by atoms with E-state index < -0.39 is 0 Å². The molecule has 3 heterocycles. The van der Waals surface area contributed by atoms with Crippen molar-refractivity contribution < 1.29 is 18.7 Å². The minimum Gasteiger partial charge on any atom is -0.382 e. The zero-order chi connectivity index (χ0) is 19.5. The van der Waals surface area contributed by atoms with Crippen molar-refractivity contribution in [3.05, 3.63) is 66.4 Å². The number of hydrogen-bond acceptors (Lipinski definition) is 4. The van der Waals surface area contributed by atoms with Gasteiger partial charge in [0.1, 0.15) is 11.4 Å². The Morgan fingerprint density at radius 3 is 2.75 bits per heavy atom. The average molecular weight is 384 g/mol. The average Bonchev–Trinajstić information content (AvgIpc) is 3.38. The summed E-state index contributed by atoms with van der Waals surface area (Å²) in [4.78, 5) is 15.0. The molecule has 1 saturated heterocycles. The van der Waals surface area contributed by atoms with E-state index in [2.05, 4.69) is 5.10 Å². The summed E-state index contributed by atoms with van der Waals surface area (Å²) in [6.45, 7) is 1.86. The molecule has 3 aromatic rings. The van der Waals surface area contributed by atoms with Crippen LogP contribution in [0.25, 0.3) is 11.5 Å². The van der Waals surface area contributed by atoms with Crippen LogP contribution >= 0.6 is 0 Å². The maximum absolute atomic E-state index is 13.3. The maximum atomic E-state index is 13.3. The molecule has 1 aromatic carbocycles. The molecular formula is C20H21FN4O3. The van der Waals surface area contributed by atoms with E-state index in [4.69, 9.17) is 9.47 Å². The Labute approximate surface area is 161 Å². The third-order valence-corrected chi connectivity index (χ3v) is 4.67. The lowest BCUT2D eigenvalue weighted by molar-refractivity contribution is -0.0531. The van der Waals surface area contributed by atoms with Crippen LogP contribution in [0.2, 0.25) is 0 Å². The van der Waals surface area contributed by atoms with Gasteiger partial charge in [-0.25, -0.2) is 9.07 Å². The molecule has 1 amide bonds. The predicted octanol–water partition coefficient (Wildman–Crippen LogP) is 2.29. The van der Waals surface area contributed by atoms with Gasteiger partial charge in [0.25, 0.3) is 5.91 Å². The zero-order valence-corrected chi connectivity index (χ0v) is 15.5. The Morgan fingerprint density at radius 2 is 2.04 bits per heavy atom. The van der Waals surface area contributed by atoms with E-state index in [1.54, 1.807) is 35.0 Å². The van der Waals surface area contributed by atoms with Gasteiger partial charge in [-0.3, -0.25) is 4.79 Å². The van der Waals surface area contributed by atoms with Gasteiger partial charge < -0.3 is 18.9 Å². The number of hydrogen-bond donors (Lipinski definition) is 0. The van der Waals surface area contributed by atoms with Crippen molar-refractivity contribution in [3.8, 4) is 11.5 Å². The number of morpholine rings is 1. The number of amides is 1. The van der Waals surface area contributed by atoms with E-state index in [-0.39, 0.29) is 17.8 Å². The smallest absolute Gasteiger partial charge is 0.259 e. The summed E-state index contributed by atoms with van der Waals surface area (Å²) in [5.74, 6) is 0.157. The molecule has 1 unspecified atom stereocenters. The normalized spacial score (nSPS) is 17.1. The highest BCUT2D eigenvalue weighted by Crippen LogP contribution is 2.22. The Hall–Kier alpha value is -2.97. The van der Waals surface area contributed by atoms with E-state index in [0.29, 0.717) is 43.4 Å². The van der Waals surface area contributed by atoms with E-state index in [1.165, 1.54) is 12.1 Å². The Kier molecular flexibility index (Phi) is 5.23. The standard InChI is InChI=1S/C20H21FN4O3/c1-27-14-17-13-24(10-11-28-17)20(26)18-12-22-25(16-6-4-15(21)5-7-16)19(18)23-8-2-3-9-23/h2-9,12,17H,10-11,13-14H2,1H3. The van der Waals surface area contributed by atoms with Crippen LogP contribution in [0.15, 0.2) is 55.0 Å². The largest absolute Gasteiger partial charge is 0.382 e. The van der Waals surface area contributed by atoms with Crippen LogP contribution in [0.1, 0.15) is 10.4 Å². The molecule has 8 heteroatoms. The SMILES string of the molecule is COCC1CN(C(=O)c2cnn(-c3ccc(F)cc3)c2-n2cccc2)CCO1. The second-order valence-electron chi connectivity index (χ2n) is 6.56. The molecule has 0 bridgehead atoms. The summed E-state index contributed by atoms with van der Waals surface area (Å²) in [6, 6.07) is 9.75. The zero-order valence-electron chi connectivity index (χ0n) is 15.5. The van der Waals surface area contributed by atoms with Crippen molar-refractivity contribution in [3.63, 3.8) is 0 Å². The molecule has 1 aliphatic heterocycles. The van der Waals surface area contributed by atoms with Gasteiger partial charge in [0.2, 0.25) is 0 Å². The Morgan fingerprint density at radius 1 is 1.29 bits per heavy atom. The lowest BCUT2D eigenvalue weighted by Crippen LogP contribution is -2.47. The Bertz CT molecular complexity index is 935. The minimum atomic E-state index is -0.327. The van der Waals surface area contributed by atoms with Crippen LogP contribution in [0.3, 0.4) is 0 Å². The third kappa shape index (κ3) is 3.56. The molecule has 28 heavy (non-hydrogen) atoms. The van der Waals surface area contributed by atoms with Crippen LogP contribution in [0.5, 0.6) is 0 Å². The van der Waals surface area contributed by atoms with E-state index in [1.807, 2.05) is 29.1 Å². The van der Waals surface area contributed by atoms with Gasteiger partial charge in [-0.05, 0) is 36.4 Å². The van der Waals surface area contributed by atoms with Gasteiger partial charge in [-0.2, -0.15) is 5.10 Å². The molecule has 0 aliphatic carbocycles. The number of benzene rings is 1. The molecule has 0 spiro atoms. The topological polar surface area (TPSA) is 61.5 Å². The molecule has 0 saturated carbocycles. The van der Waals surface area contributed by atoms with Gasteiger partial charge >= 0.3 is 0 Å². The van der Waals surface area contributed by atoms with Crippen molar-refractivity contribution in [2.75, 3.05) is 33.4 Å². The summed E-state index contributed by atoms with van der Waals surface area (Å²) in [6.07, 6.45) is 5.11. The highest BCUT2D eigenvalue weighted by atomic mass is 19.1. The number of aromatic nitrogens is 3. The lowest BCUT2D eigenvalue weighted by Gasteiger charge is -2.32. The monoisotopic (exact) mass is 384 g/mol. The van der Waals surface area contributed by atoms with Crippen molar-refractivity contribution in [2.24, 2.45) is 0 Å². The van der Waals surface area contributed by atoms with Crippen LogP contribution in [-0.2, 0) is 9.47 Å². The molecule has 4 rings (SSSR count). The van der Waals surface area contributed by atoms with Crippen molar-refractivity contribution in [1.82, 2.24) is 19.2 Å². The first-order valence-corrected chi connectivity index (χ1v) is 9.04. The van der Waals surface area contributed by atoms with Gasteiger partial charge in [0, 0.05) is 32.6 Å². The number of ether oxygens (including phenoxy) is 2. The summed E-state index contributed by atoms with van der Waals surface area (Å²) in [5, 5.41) is 4.41. The molecule has 1 fully saturated rings.